The van der Waals surface area contributed by atoms with Crippen LogP contribution in [0.25, 0.3) is 0 Å². The van der Waals surface area contributed by atoms with E-state index in [4.69, 9.17) is 0 Å². The van der Waals surface area contributed by atoms with Crippen LogP contribution in [0.5, 0.6) is 0 Å². The number of carbonyl (C=O) groups is 1. The predicted molar refractivity (Wildman–Crippen MR) is 77.7 cm³/mol. The summed E-state index contributed by atoms with van der Waals surface area (Å²) in [5.74, 6) is 5.09. The first-order valence-corrected chi connectivity index (χ1v) is 6.05. The fraction of sp³-hybridized carbons (Fsp3) is 0.438. The number of benzene rings is 1. The van der Waals surface area contributed by atoms with Crippen molar-refractivity contribution in [2.45, 2.75) is 41.5 Å². The Morgan fingerprint density at radius 3 is 2.00 bits per heavy atom. The molecule has 0 aliphatic carbocycles. The van der Waals surface area contributed by atoms with Gasteiger partial charge in [-0.15, -0.1) is 11.8 Å². The molecule has 2 nitrogen and oxygen atoms in total. The summed E-state index contributed by atoms with van der Waals surface area (Å²) in [5.41, 5.74) is 2.67. The zero-order valence-corrected chi connectivity index (χ0v) is 12.5. The number of aryl methyl sites for hydroxylation is 2. The maximum absolute atomic E-state index is 11.2. The average molecular weight is 248 g/mol. The summed E-state index contributed by atoms with van der Waals surface area (Å²) in [5, 5.41) is 0. The zero-order chi connectivity index (χ0) is 14.6. The number of ether oxygens (including phenoxy) is 1. The molecule has 18 heavy (non-hydrogen) atoms. The van der Waals surface area contributed by atoms with Crippen LogP contribution in [0, 0.1) is 25.7 Å². The van der Waals surface area contributed by atoms with E-state index in [1.54, 1.807) is 0 Å². The highest BCUT2D eigenvalue weighted by Crippen LogP contribution is 2.11. The van der Waals surface area contributed by atoms with Crippen LogP contribution in [-0.4, -0.2) is 13.1 Å². The quantitative estimate of drug-likeness (QED) is 0.551. The summed E-state index contributed by atoms with van der Waals surface area (Å²) in [6.07, 6.45) is 0. The number of hydrogen-bond donors (Lipinski definition) is 0. The summed E-state index contributed by atoms with van der Waals surface area (Å²) < 4.78 is 4.63. The van der Waals surface area contributed by atoms with Gasteiger partial charge in [0.1, 0.15) is 0 Å². The molecule has 1 rings (SSSR count). The van der Waals surface area contributed by atoms with E-state index in [0.29, 0.717) is 5.56 Å². The smallest absolute Gasteiger partial charge is 0.338 e. The van der Waals surface area contributed by atoms with Crippen molar-refractivity contribution in [3.63, 3.8) is 0 Å². The summed E-state index contributed by atoms with van der Waals surface area (Å²) in [7, 11) is 1.39. The average Bonchev–Trinajstić information content (AvgIpc) is 2.43. The lowest BCUT2D eigenvalue weighted by Gasteiger charge is -2.03. The van der Waals surface area contributed by atoms with Crippen molar-refractivity contribution in [1.29, 1.82) is 0 Å². The van der Waals surface area contributed by atoms with Crippen molar-refractivity contribution in [2.24, 2.45) is 0 Å². The molecule has 0 amide bonds. The van der Waals surface area contributed by atoms with Gasteiger partial charge in [0.05, 0.1) is 12.7 Å². The lowest BCUT2D eigenvalue weighted by Crippen LogP contribution is -2.03. The third-order valence-corrected chi connectivity index (χ3v) is 2.05. The summed E-state index contributed by atoms with van der Waals surface area (Å²) in [6.45, 7) is 11.5. The fourth-order valence-corrected chi connectivity index (χ4v) is 1.07. The molecule has 1 aromatic carbocycles. The molecule has 0 radical (unpaired) electrons. The van der Waals surface area contributed by atoms with Crippen molar-refractivity contribution in [3.8, 4) is 11.8 Å². The van der Waals surface area contributed by atoms with Crippen molar-refractivity contribution in [3.05, 3.63) is 34.9 Å². The SMILES string of the molecule is CC.CC#CC.COC(=O)c1cc(C)ccc1C. The standard InChI is InChI=1S/C10H12O2.C4H6.C2H6/c1-7-4-5-8(2)9(6-7)10(11)12-3;1-3-4-2;1-2/h4-6H,1-3H3;1-2H3;1-2H3. The lowest BCUT2D eigenvalue weighted by molar-refractivity contribution is 0.0600. The van der Waals surface area contributed by atoms with Crippen molar-refractivity contribution in [2.75, 3.05) is 7.11 Å². The molecule has 2 heteroatoms. The summed E-state index contributed by atoms with van der Waals surface area (Å²) in [6, 6.07) is 5.73. The van der Waals surface area contributed by atoms with Crippen LogP contribution in [0.2, 0.25) is 0 Å². The fourth-order valence-electron chi connectivity index (χ4n) is 1.07. The number of methoxy groups -OCH3 is 1. The Balaban J connectivity index is 0. The van der Waals surface area contributed by atoms with E-state index in [2.05, 4.69) is 16.6 Å². The number of esters is 1. The van der Waals surface area contributed by atoms with Gasteiger partial charge in [-0.3, -0.25) is 0 Å². The molecule has 0 bridgehead atoms. The molecule has 1 aromatic rings. The third-order valence-electron chi connectivity index (χ3n) is 2.05. The molecule has 100 valence electrons. The minimum absolute atomic E-state index is 0.267. The molecule has 0 aliphatic heterocycles. The monoisotopic (exact) mass is 248 g/mol. The molecule has 0 saturated heterocycles. The Morgan fingerprint density at radius 1 is 1.11 bits per heavy atom. The molecule has 0 spiro atoms. The molecule has 0 unspecified atom stereocenters. The van der Waals surface area contributed by atoms with E-state index in [9.17, 15) is 4.79 Å². The summed E-state index contributed by atoms with van der Waals surface area (Å²) >= 11 is 0. The van der Waals surface area contributed by atoms with Gasteiger partial charge in [0.2, 0.25) is 0 Å². The molecule has 0 heterocycles. The highest BCUT2D eigenvalue weighted by molar-refractivity contribution is 5.91. The Bertz CT molecular complexity index is 403. The van der Waals surface area contributed by atoms with Crippen LogP contribution >= 0.6 is 0 Å². The third kappa shape index (κ3) is 7.51. The molecule has 0 aliphatic rings. The molecular formula is C16H24O2. The molecule has 0 N–H and O–H groups in total. The second kappa shape index (κ2) is 11.7. The van der Waals surface area contributed by atoms with E-state index in [0.717, 1.165) is 11.1 Å². The van der Waals surface area contributed by atoms with Crippen molar-refractivity contribution >= 4 is 5.97 Å². The van der Waals surface area contributed by atoms with Gasteiger partial charge in [-0.25, -0.2) is 4.79 Å². The molecule has 0 aromatic heterocycles. The highest BCUT2D eigenvalue weighted by atomic mass is 16.5. The van der Waals surface area contributed by atoms with Crippen molar-refractivity contribution < 1.29 is 9.53 Å². The first-order valence-electron chi connectivity index (χ1n) is 6.05. The van der Waals surface area contributed by atoms with Gasteiger partial charge >= 0.3 is 5.97 Å². The van der Waals surface area contributed by atoms with E-state index in [1.165, 1.54) is 7.11 Å². The first kappa shape index (κ1) is 18.6. The van der Waals surface area contributed by atoms with Crippen LogP contribution in [0.1, 0.15) is 49.2 Å². The Hall–Kier alpha value is -1.75. The molecule has 0 atom stereocenters. The van der Waals surface area contributed by atoms with Gasteiger partial charge in [-0.2, -0.15) is 0 Å². The van der Waals surface area contributed by atoms with Crippen LogP contribution in [-0.2, 0) is 4.74 Å². The topological polar surface area (TPSA) is 26.3 Å². The van der Waals surface area contributed by atoms with E-state index >= 15 is 0 Å². The van der Waals surface area contributed by atoms with E-state index in [1.807, 2.05) is 59.7 Å². The Morgan fingerprint density at radius 2 is 1.61 bits per heavy atom. The second-order valence-corrected chi connectivity index (χ2v) is 3.31. The maximum Gasteiger partial charge on any atom is 0.338 e. The van der Waals surface area contributed by atoms with Crippen LogP contribution in [0.4, 0.5) is 0 Å². The minimum atomic E-state index is -0.267. The minimum Gasteiger partial charge on any atom is -0.465 e. The predicted octanol–water partition coefficient (Wildman–Crippen LogP) is 4.15. The van der Waals surface area contributed by atoms with E-state index in [-0.39, 0.29) is 5.97 Å². The second-order valence-electron chi connectivity index (χ2n) is 3.31. The van der Waals surface area contributed by atoms with Gasteiger partial charge in [0.15, 0.2) is 0 Å². The maximum atomic E-state index is 11.2. The van der Waals surface area contributed by atoms with Gasteiger partial charge in [0, 0.05) is 0 Å². The zero-order valence-electron chi connectivity index (χ0n) is 12.5. The molecule has 0 fully saturated rings. The van der Waals surface area contributed by atoms with E-state index < -0.39 is 0 Å². The number of carbonyl (C=O) groups excluding carboxylic acids is 1. The van der Waals surface area contributed by atoms with Crippen LogP contribution in [0.3, 0.4) is 0 Å². The van der Waals surface area contributed by atoms with Crippen LogP contribution in [0.15, 0.2) is 18.2 Å². The van der Waals surface area contributed by atoms with Gasteiger partial charge < -0.3 is 4.74 Å². The van der Waals surface area contributed by atoms with Crippen molar-refractivity contribution in [1.82, 2.24) is 0 Å². The normalized spacial score (nSPS) is 7.50. The van der Waals surface area contributed by atoms with Gasteiger partial charge in [-0.05, 0) is 39.3 Å². The number of rotatable bonds is 1. The highest BCUT2D eigenvalue weighted by Gasteiger charge is 2.07. The first-order chi connectivity index (χ1) is 8.56. The lowest BCUT2D eigenvalue weighted by atomic mass is 10.1. The Labute approximate surface area is 111 Å². The molecule has 0 saturated carbocycles. The summed E-state index contributed by atoms with van der Waals surface area (Å²) in [4.78, 5) is 11.2. The van der Waals surface area contributed by atoms with Gasteiger partial charge in [0.25, 0.3) is 0 Å². The van der Waals surface area contributed by atoms with Crippen LogP contribution < -0.4 is 0 Å². The Kier molecular flexibility index (Phi) is 12.1. The van der Waals surface area contributed by atoms with Gasteiger partial charge in [-0.1, -0.05) is 31.5 Å². The molecular weight excluding hydrogens is 224 g/mol. The number of hydrogen-bond acceptors (Lipinski definition) is 2. The largest absolute Gasteiger partial charge is 0.465 e.